The first-order chi connectivity index (χ1) is 10.1. The molecule has 1 aliphatic carbocycles. The number of carbonyl (C=O) groups excluding carboxylic acids is 1. The highest BCUT2D eigenvalue weighted by atomic mass is 16.5. The molecule has 0 saturated heterocycles. The standard InChI is InChI=1S/C15H20N2O4/c1-2-9-21-13-7-3-11(4-8-13)16-15(20)17(10-14(18)19)12-5-6-12/h3-4,7-8,12H,2,5-6,9-10H2,1H3,(H,16,20)(H,18,19). The van der Waals surface area contributed by atoms with Gasteiger partial charge in [-0.15, -0.1) is 0 Å². The van der Waals surface area contributed by atoms with Gasteiger partial charge in [0.15, 0.2) is 0 Å². The van der Waals surface area contributed by atoms with Gasteiger partial charge in [0.25, 0.3) is 0 Å². The molecule has 0 spiro atoms. The number of urea groups is 1. The van der Waals surface area contributed by atoms with Gasteiger partial charge in [-0.2, -0.15) is 0 Å². The van der Waals surface area contributed by atoms with E-state index in [0.717, 1.165) is 25.0 Å². The van der Waals surface area contributed by atoms with Crippen molar-refractivity contribution in [2.75, 3.05) is 18.5 Å². The molecule has 1 aromatic carbocycles. The van der Waals surface area contributed by atoms with E-state index in [2.05, 4.69) is 5.32 Å². The summed E-state index contributed by atoms with van der Waals surface area (Å²) in [7, 11) is 0. The Morgan fingerprint density at radius 2 is 2.00 bits per heavy atom. The number of amides is 2. The van der Waals surface area contributed by atoms with Crippen molar-refractivity contribution in [1.82, 2.24) is 4.90 Å². The predicted molar refractivity (Wildman–Crippen MR) is 78.6 cm³/mol. The van der Waals surface area contributed by atoms with Gasteiger partial charge in [0, 0.05) is 11.7 Å². The van der Waals surface area contributed by atoms with Crippen LogP contribution in [0.25, 0.3) is 0 Å². The summed E-state index contributed by atoms with van der Waals surface area (Å²) < 4.78 is 5.46. The van der Waals surface area contributed by atoms with Crippen molar-refractivity contribution in [3.05, 3.63) is 24.3 Å². The van der Waals surface area contributed by atoms with E-state index in [4.69, 9.17) is 9.84 Å². The van der Waals surface area contributed by atoms with Crippen molar-refractivity contribution in [1.29, 1.82) is 0 Å². The molecule has 0 unspecified atom stereocenters. The van der Waals surface area contributed by atoms with Gasteiger partial charge in [0.2, 0.25) is 0 Å². The number of nitrogens with zero attached hydrogens (tertiary/aromatic N) is 1. The first-order valence-corrected chi connectivity index (χ1v) is 7.12. The fraction of sp³-hybridized carbons (Fsp3) is 0.467. The van der Waals surface area contributed by atoms with E-state index in [-0.39, 0.29) is 18.6 Å². The van der Waals surface area contributed by atoms with E-state index in [0.29, 0.717) is 12.3 Å². The molecule has 114 valence electrons. The maximum atomic E-state index is 12.1. The summed E-state index contributed by atoms with van der Waals surface area (Å²) in [5, 5.41) is 11.6. The molecule has 2 N–H and O–H groups in total. The van der Waals surface area contributed by atoms with Gasteiger partial charge < -0.3 is 20.1 Å². The number of hydrogen-bond acceptors (Lipinski definition) is 3. The van der Waals surface area contributed by atoms with Gasteiger partial charge >= 0.3 is 12.0 Å². The Kier molecular flexibility index (Phi) is 5.03. The molecule has 2 amide bonds. The predicted octanol–water partition coefficient (Wildman–Crippen LogP) is 2.56. The molecule has 6 nitrogen and oxygen atoms in total. The number of ether oxygens (including phenoxy) is 1. The van der Waals surface area contributed by atoms with Crippen molar-refractivity contribution >= 4 is 17.7 Å². The minimum atomic E-state index is -1.000. The molecule has 0 aromatic heterocycles. The lowest BCUT2D eigenvalue weighted by atomic mass is 10.3. The summed E-state index contributed by atoms with van der Waals surface area (Å²) in [6.07, 6.45) is 2.67. The lowest BCUT2D eigenvalue weighted by Crippen LogP contribution is -2.40. The Balaban J connectivity index is 1.92. The summed E-state index contributed by atoms with van der Waals surface area (Å²) in [4.78, 5) is 24.3. The van der Waals surface area contributed by atoms with E-state index < -0.39 is 5.97 Å². The Bertz CT molecular complexity index is 497. The average Bonchev–Trinajstić information content (AvgIpc) is 3.28. The summed E-state index contributed by atoms with van der Waals surface area (Å²) in [6, 6.07) is 6.73. The first kappa shape index (κ1) is 15.2. The second-order valence-corrected chi connectivity index (χ2v) is 5.06. The number of nitrogens with one attached hydrogen (secondary N) is 1. The molecular formula is C15H20N2O4. The Labute approximate surface area is 123 Å². The molecule has 1 aliphatic rings. The van der Waals surface area contributed by atoms with Gasteiger partial charge in [-0.05, 0) is 43.5 Å². The Morgan fingerprint density at radius 3 is 2.52 bits per heavy atom. The largest absolute Gasteiger partial charge is 0.494 e. The van der Waals surface area contributed by atoms with Crippen LogP contribution in [0.4, 0.5) is 10.5 Å². The van der Waals surface area contributed by atoms with E-state index in [9.17, 15) is 9.59 Å². The van der Waals surface area contributed by atoms with Crippen molar-refractivity contribution in [3.63, 3.8) is 0 Å². The fourth-order valence-electron chi connectivity index (χ4n) is 1.95. The molecule has 6 heteroatoms. The second kappa shape index (κ2) is 6.97. The average molecular weight is 292 g/mol. The second-order valence-electron chi connectivity index (χ2n) is 5.06. The minimum absolute atomic E-state index is 0.0493. The monoisotopic (exact) mass is 292 g/mol. The number of carboxylic acid groups (broad SMARTS) is 1. The van der Waals surface area contributed by atoms with Crippen LogP contribution in [0.3, 0.4) is 0 Å². The number of aliphatic carboxylic acids is 1. The smallest absolute Gasteiger partial charge is 0.323 e. The minimum Gasteiger partial charge on any atom is -0.494 e. The first-order valence-electron chi connectivity index (χ1n) is 7.12. The number of rotatable bonds is 7. The molecule has 21 heavy (non-hydrogen) atoms. The Hall–Kier alpha value is -2.24. The normalized spacial score (nSPS) is 13.6. The van der Waals surface area contributed by atoms with Gasteiger partial charge in [-0.1, -0.05) is 6.92 Å². The summed E-state index contributed by atoms with van der Waals surface area (Å²) in [5.74, 6) is -0.250. The topological polar surface area (TPSA) is 78.9 Å². The van der Waals surface area contributed by atoms with Crippen LogP contribution in [-0.2, 0) is 4.79 Å². The van der Waals surface area contributed by atoms with Crippen LogP contribution in [-0.4, -0.2) is 41.2 Å². The fourth-order valence-corrected chi connectivity index (χ4v) is 1.95. The quantitative estimate of drug-likeness (QED) is 0.809. The van der Waals surface area contributed by atoms with Gasteiger partial charge in [-0.3, -0.25) is 4.79 Å². The summed E-state index contributed by atoms with van der Waals surface area (Å²) >= 11 is 0. The number of carbonyl (C=O) groups is 2. The highest BCUT2D eigenvalue weighted by Crippen LogP contribution is 2.27. The zero-order valence-electron chi connectivity index (χ0n) is 12.0. The van der Waals surface area contributed by atoms with Crippen LogP contribution in [0.2, 0.25) is 0 Å². The molecule has 0 heterocycles. The SMILES string of the molecule is CCCOc1ccc(NC(=O)N(CC(=O)O)C2CC2)cc1. The Morgan fingerprint density at radius 1 is 1.33 bits per heavy atom. The van der Waals surface area contributed by atoms with Crippen LogP contribution < -0.4 is 10.1 Å². The van der Waals surface area contributed by atoms with Crippen molar-refractivity contribution in [2.24, 2.45) is 0 Å². The highest BCUT2D eigenvalue weighted by Gasteiger charge is 2.33. The van der Waals surface area contributed by atoms with Crippen molar-refractivity contribution in [3.8, 4) is 5.75 Å². The molecule has 0 aliphatic heterocycles. The lowest BCUT2D eigenvalue weighted by molar-refractivity contribution is -0.137. The molecular weight excluding hydrogens is 272 g/mol. The molecule has 1 aromatic rings. The number of anilines is 1. The number of benzene rings is 1. The lowest BCUT2D eigenvalue weighted by Gasteiger charge is -2.20. The zero-order valence-corrected chi connectivity index (χ0v) is 12.0. The van der Waals surface area contributed by atoms with Crippen molar-refractivity contribution < 1.29 is 19.4 Å². The highest BCUT2D eigenvalue weighted by molar-refractivity contribution is 5.91. The summed E-state index contributed by atoms with van der Waals surface area (Å²) in [6.45, 7) is 2.41. The van der Waals surface area contributed by atoms with Gasteiger partial charge in [0.05, 0.1) is 6.61 Å². The van der Waals surface area contributed by atoms with E-state index in [1.807, 2.05) is 6.92 Å². The van der Waals surface area contributed by atoms with Crippen LogP contribution in [0.1, 0.15) is 26.2 Å². The van der Waals surface area contributed by atoms with Gasteiger partial charge in [0.1, 0.15) is 12.3 Å². The number of carboxylic acids is 1. The van der Waals surface area contributed by atoms with Crippen LogP contribution >= 0.6 is 0 Å². The third-order valence-corrected chi connectivity index (χ3v) is 3.13. The van der Waals surface area contributed by atoms with E-state index >= 15 is 0 Å². The zero-order chi connectivity index (χ0) is 15.2. The van der Waals surface area contributed by atoms with E-state index in [1.165, 1.54) is 4.90 Å². The van der Waals surface area contributed by atoms with Crippen LogP contribution in [0.5, 0.6) is 5.75 Å². The molecule has 1 saturated carbocycles. The third-order valence-electron chi connectivity index (χ3n) is 3.13. The molecule has 0 bridgehead atoms. The number of hydrogen-bond donors (Lipinski definition) is 2. The molecule has 0 atom stereocenters. The molecule has 2 rings (SSSR count). The third kappa shape index (κ3) is 4.66. The molecule has 1 fully saturated rings. The summed E-state index contributed by atoms with van der Waals surface area (Å²) in [5.41, 5.74) is 0.625. The maximum Gasteiger partial charge on any atom is 0.323 e. The van der Waals surface area contributed by atoms with Gasteiger partial charge in [-0.25, -0.2) is 4.79 Å². The van der Waals surface area contributed by atoms with Crippen LogP contribution in [0.15, 0.2) is 24.3 Å². The molecule has 0 radical (unpaired) electrons. The van der Waals surface area contributed by atoms with E-state index in [1.54, 1.807) is 24.3 Å². The van der Waals surface area contributed by atoms with Crippen molar-refractivity contribution in [2.45, 2.75) is 32.2 Å². The maximum absolute atomic E-state index is 12.1. The van der Waals surface area contributed by atoms with Crippen LogP contribution in [0, 0.1) is 0 Å².